The molecule has 10 rings (SSSR count). The molecule has 0 bridgehead atoms. The Morgan fingerprint density at radius 1 is 0.279 bits per heavy atom. The third-order valence-electron chi connectivity index (χ3n) is 12.8. The maximum absolute atomic E-state index is 9.69. The van der Waals surface area contributed by atoms with Crippen LogP contribution in [0.1, 0.15) is 33.4 Å². The van der Waals surface area contributed by atoms with Crippen LogP contribution in [-0.2, 0) is 25.7 Å². The van der Waals surface area contributed by atoms with E-state index in [9.17, 15) is 10.5 Å². The lowest BCUT2D eigenvalue weighted by Crippen LogP contribution is -1.98. The summed E-state index contributed by atoms with van der Waals surface area (Å²) < 4.78 is 0. The molecule has 0 saturated heterocycles. The summed E-state index contributed by atoms with van der Waals surface area (Å²) in [4.78, 5) is 4.56. The molecule has 0 aliphatic rings. The first kappa shape index (κ1) is 43.0. The Morgan fingerprint density at radius 3 is 1.32 bits per heavy atom. The summed E-state index contributed by atoms with van der Waals surface area (Å²) in [6.07, 6.45) is 5.54. The van der Waals surface area contributed by atoms with Crippen molar-refractivity contribution < 1.29 is 0 Å². The Morgan fingerprint density at radius 2 is 0.735 bits per heavy atom. The minimum Gasteiger partial charge on any atom is -0.256 e. The fraction of sp³-hybridized carbons (Fsp3) is 0.0615. The summed E-state index contributed by atoms with van der Waals surface area (Å²) >= 11 is 0. The van der Waals surface area contributed by atoms with Crippen molar-refractivity contribution in [3.05, 3.63) is 270 Å². The fourth-order valence-electron chi connectivity index (χ4n) is 9.22. The highest BCUT2D eigenvalue weighted by Crippen LogP contribution is 2.41. The molecular weight excluding hydrogens is 823 g/mol. The van der Waals surface area contributed by atoms with Gasteiger partial charge in [0.2, 0.25) is 0 Å². The van der Waals surface area contributed by atoms with Crippen LogP contribution in [0.25, 0.3) is 78.0 Å². The summed E-state index contributed by atoms with van der Waals surface area (Å²) in [5.41, 5.74) is 21.8. The van der Waals surface area contributed by atoms with Crippen molar-refractivity contribution in [2.45, 2.75) is 25.7 Å². The fourth-order valence-corrected chi connectivity index (χ4v) is 9.22. The minimum absolute atomic E-state index is 0.470. The van der Waals surface area contributed by atoms with Crippen molar-refractivity contribution in [2.24, 2.45) is 0 Å². The van der Waals surface area contributed by atoms with E-state index in [1.807, 2.05) is 30.5 Å². The van der Waals surface area contributed by atoms with E-state index in [2.05, 4.69) is 217 Å². The lowest BCUT2D eigenvalue weighted by atomic mass is 9.86. The number of aryl methyl sites for hydroxylation is 4. The van der Waals surface area contributed by atoms with Crippen molar-refractivity contribution in [3.8, 4) is 90.2 Å². The molecule has 3 nitrogen and oxygen atoms in total. The van der Waals surface area contributed by atoms with Crippen molar-refractivity contribution in [3.63, 3.8) is 0 Å². The lowest BCUT2D eigenvalue weighted by Gasteiger charge is -2.18. The largest absolute Gasteiger partial charge is 0.256 e. The Balaban J connectivity index is 1.02. The molecule has 0 saturated carbocycles. The first-order valence-electron chi connectivity index (χ1n) is 23.2. The second-order valence-corrected chi connectivity index (χ2v) is 17.3. The van der Waals surface area contributed by atoms with Gasteiger partial charge in [0.05, 0.1) is 29.0 Å². The van der Waals surface area contributed by atoms with Crippen molar-refractivity contribution in [2.75, 3.05) is 0 Å². The Kier molecular flexibility index (Phi) is 12.7. The standard InChI is InChI=1S/C65H47N3/c66-44-50-38-51(45-67)42-59(41-50)55-30-32-56(33-31-55)64-43-58(53-13-5-2-6-14-53)34-35-63(64)62-16-8-7-15-61(62)60-39-48(20-18-46-22-26-54(27-23-46)52-11-3-1-4-12-52)37-49(40-60)21-19-47-24-28-57(29-25-47)65-17-9-10-36-68-65/h1-17,22-43H,18-21H2. The number of pyridine rings is 1. The van der Waals surface area contributed by atoms with Crippen molar-refractivity contribution in [1.82, 2.24) is 4.98 Å². The van der Waals surface area contributed by atoms with E-state index in [4.69, 9.17) is 0 Å². The Hall–Kier alpha value is -8.89. The predicted molar refractivity (Wildman–Crippen MR) is 279 cm³/mol. The van der Waals surface area contributed by atoms with Crippen LogP contribution in [0.3, 0.4) is 0 Å². The molecule has 1 aromatic heterocycles. The summed E-state index contributed by atoms with van der Waals surface area (Å²) in [6.45, 7) is 0. The smallest absolute Gasteiger partial charge is 0.0992 e. The van der Waals surface area contributed by atoms with E-state index in [-0.39, 0.29) is 0 Å². The average molecular weight is 870 g/mol. The van der Waals surface area contributed by atoms with Crippen molar-refractivity contribution >= 4 is 0 Å². The molecule has 1 heterocycles. The number of nitriles is 2. The third-order valence-corrected chi connectivity index (χ3v) is 12.8. The minimum atomic E-state index is 0.470. The number of hydrogen-bond acceptors (Lipinski definition) is 3. The normalized spacial score (nSPS) is 10.9. The van der Waals surface area contributed by atoms with Gasteiger partial charge in [-0.1, -0.05) is 194 Å². The number of benzene rings is 9. The maximum Gasteiger partial charge on any atom is 0.0992 e. The van der Waals surface area contributed by atoms with Gasteiger partial charge in [0, 0.05) is 11.8 Å². The summed E-state index contributed by atoms with van der Waals surface area (Å²) in [7, 11) is 0. The first-order chi connectivity index (χ1) is 33.6. The van der Waals surface area contributed by atoms with E-state index in [1.54, 1.807) is 6.07 Å². The molecule has 0 spiro atoms. The Bertz CT molecular complexity index is 3280. The van der Waals surface area contributed by atoms with Crippen LogP contribution in [0.15, 0.2) is 237 Å². The summed E-state index contributed by atoms with van der Waals surface area (Å²) in [6, 6.07) is 86.1. The number of rotatable bonds is 13. The molecule has 0 N–H and O–H groups in total. The second kappa shape index (κ2) is 20.1. The highest BCUT2D eigenvalue weighted by Gasteiger charge is 2.16. The zero-order chi connectivity index (χ0) is 46.1. The van der Waals surface area contributed by atoms with Crippen molar-refractivity contribution in [1.29, 1.82) is 10.5 Å². The molecule has 322 valence electrons. The zero-order valence-electron chi connectivity index (χ0n) is 37.7. The average Bonchev–Trinajstić information content (AvgIpc) is 3.42. The highest BCUT2D eigenvalue weighted by molar-refractivity contribution is 5.94. The van der Waals surface area contributed by atoms with Gasteiger partial charge >= 0.3 is 0 Å². The van der Waals surface area contributed by atoms with Gasteiger partial charge in [-0.25, -0.2) is 0 Å². The second-order valence-electron chi connectivity index (χ2n) is 17.3. The monoisotopic (exact) mass is 869 g/mol. The van der Waals surface area contributed by atoms with E-state index in [1.165, 1.54) is 44.5 Å². The van der Waals surface area contributed by atoms with Crippen LogP contribution >= 0.6 is 0 Å². The van der Waals surface area contributed by atoms with Crippen LogP contribution in [0.4, 0.5) is 0 Å². The van der Waals surface area contributed by atoms with Crippen LogP contribution in [0.2, 0.25) is 0 Å². The highest BCUT2D eigenvalue weighted by atomic mass is 14.7. The molecule has 0 unspecified atom stereocenters. The van der Waals surface area contributed by atoms with Crippen LogP contribution in [-0.4, -0.2) is 4.98 Å². The third kappa shape index (κ3) is 9.85. The van der Waals surface area contributed by atoms with E-state index in [0.717, 1.165) is 81.4 Å². The quantitative estimate of drug-likeness (QED) is 0.116. The molecule has 0 aliphatic heterocycles. The van der Waals surface area contributed by atoms with E-state index < -0.39 is 0 Å². The topological polar surface area (TPSA) is 60.5 Å². The molecule has 0 aliphatic carbocycles. The van der Waals surface area contributed by atoms with Gasteiger partial charge < -0.3 is 0 Å². The van der Waals surface area contributed by atoms with Gasteiger partial charge in [-0.3, -0.25) is 4.98 Å². The number of hydrogen-bond donors (Lipinski definition) is 0. The van der Waals surface area contributed by atoms with Gasteiger partial charge in [-0.15, -0.1) is 0 Å². The molecule has 9 aromatic carbocycles. The molecule has 0 amide bonds. The first-order valence-corrected chi connectivity index (χ1v) is 23.2. The predicted octanol–water partition coefficient (Wildman–Crippen LogP) is 16.1. The van der Waals surface area contributed by atoms with Gasteiger partial charge in [0.15, 0.2) is 0 Å². The number of aromatic nitrogens is 1. The molecule has 0 atom stereocenters. The lowest BCUT2D eigenvalue weighted by molar-refractivity contribution is 0.931. The molecule has 0 radical (unpaired) electrons. The summed E-state index contributed by atoms with van der Waals surface area (Å²) in [5.74, 6) is 0. The molecular formula is C65H47N3. The molecule has 10 aromatic rings. The van der Waals surface area contributed by atoms with Gasteiger partial charge in [0.1, 0.15) is 0 Å². The molecule has 68 heavy (non-hydrogen) atoms. The van der Waals surface area contributed by atoms with E-state index >= 15 is 0 Å². The SMILES string of the molecule is N#Cc1cc(C#N)cc(-c2ccc(-c3cc(-c4ccccc4)ccc3-c3ccccc3-c3cc(CCc4ccc(-c5ccccc5)cc4)cc(CCc4ccc(-c5ccccn5)cc4)c3)cc2)c1. The van der Waals surface area contributed by atoms with Gasteiger partial charge in [-0.2, -0.15) is 10.5 Å². The zero-order valence-corrected chi connectivity index (χ0v) is 37.7. The molecule has 0 fully saturated rings. The maximum atomic E-state index is 9.69. The van der Waals surface area contributed by atoms with Crippen LogP contribution in [0.5, 0.6) is 0 Å². The van der Waals surface area contributed by atoms with Crippen LogP contribution < -0.4 is 0 Å². The van der Waals surface area contributed by atoms with Gasteiger partial charge in [0.25, 0.3) is 0 Å². The Labute approximate surface area is 399 Å². The van der Waals surface area contributed by atoms with Crippen LogP contribution in [0, 0.1) is 22.7 Å². The molecule has 3 heteroatoms. The summed E-state index contributed by atoms with van der Waals surface area (Å²) in [5, 5.41) is 19.4. The number of nitrogens with zero attached hydrogens (tertiary/aromatic N) is 3. The van der Waals surface area contributed by atoms with E-state index in [0.29, 0.717) is 11.1 Å². The van der Waals surface area contributed by atoms with Gasteiger partial charge in [-0.05, 0) is 151 Å².